The molecule has 7 nitrogen and oxygen atoms in total. The van der Waals surface area contributed by atoms with Gasteiger partial charge in [-0.05, 0) is 23.8 Å². The Balaban J connectivity index is 1.62. The molecule has 0 aliphatic carbocycles. The van der Waals surface area contributed by atoms with Crippen LogP contribution in [-0.4, -0.2) is 35.1 Å². The molecule has 3 rings (SSSR count). The number of imide groups is 1. The Morgan fingerprint density at radius 1 is 1.00 bits per heavy atom. The van der Waals surface area contributed by atoms with Gasteiger partial charge in [-0.25, -0.2) is 0 Å². The van der Waals surface area contributed by atoms with Gasteiger partial charge >= 0.3 is 0 Å². The van der Waals surface area contributed by atoms with E-state index in [1.165, 1.54) is 6.07 Å². The summed E-state index contributed by atoms with van der Waals surface area (Å²) in [5.74, 6) is -2.32. The third-order valence-electron chi connectivity index (χ3n) is 3.87. The van der Waals surface area contributed by atoms with Gasteiger partial charge in [-0.15, -0.1) is 0 Å². The summed E-state index contributed by atoms with van der Waals surface area (Å²) in [6.07, 6.45) is 0.0428. The van der Waals surface area contributed by atoms with Crippen molar-refractivity contribution in [3.63, 3.8) is 0 Å². The minimum absolute atomic E-state index is 0.0428. The largest absolute Gasteiger partial charge is 0.274 e. The maximum Gasteiger partial charge on any atom is 0.271 e. The van der Waals surface area contributed by atoms with Crippen LogP contribution in [0.15, 0.2) is 48.5 Å². The number of fused-ring (bicyclic) bond motifs is 1. The Hall–Kier alpha value is -3.19. The molecule has 0 saturated carbocycles. The van der Waals surface area contributed by atoms with E-state index >= 15 is 0 Å². The zero-order chi connectivity index (χ0) is 18.7. The molecular formula is C18H14ClN3O4. The van der Waals surface area contributed by atoms with Gasteiger partial charge in [-0.3, -0.25) is 34.9 Å². The van der Waals surface area contributed by atoms with Crippen LogP contribution in [0.4, 0.5) is 0 Å². The maximum atomic E-state index is 12.4. The Bertz CT molecular complexity index is 913. The summed E-state index contributed by atoms with van der Waals surface area (Å²) < 4.78 is 0. The highest BCUT2D eigenvalue weighted by Crippen LogP contribution is 2.19. The first-order valence-electron chi connectivity index (χ1n) is 7.73. The molecule has 26 heavy (non-hydrogen) atoms. The first-order chi connectivity index (χ1) is 12.5. The number of hydrogen-bond donors (Lipinski definition) is 2. The SMILES string of the molecule is O=C(CN1C(=O)Cc2ccccc2C1=O)NNC(=O)c1ccccc1Cl. The van der Waals surface area contributed by atoms with Crippen molar-refractivity contribution >= 4 is 35.2 Å². The number of benzene rings is 2. The lowest BCUT2D eigenvalue weighted by Crippen LogP contribution is -2.51. The fraction of sp³-hybridized carbons (Fsp3) is 0.111. The van der Waals surface area contributed by atoms with E-state index in [0.717, 1.165) is 4.90 Å². The third-order valence-corrected chi connectivity index (χ3v) is 4.20. The lowest BCUT2D eigenvalue weighted by atomic mass is 9.98. The van der Waals surface area contributed by atoms with Gasteiger partial charge in [0.25, 0.3) is 17.7 Å². The molecule has 0 saturated heterocycles. The van der Waals surface area contributed by atoms with Crippen molar-refractivity contribution in [2.24, 2.45) is 0 Å². The Labute approximate surface area is 153 Å². The van der Waals surface area contributed by atoms with E-state index in [2.05, 4.69) is 10.9 Å². The van der Waals surface area contributed by atoms with Gasteiger partial charge in [0, 0.05) is 5.56 Å². The van der Waals surface area contributed by atoms with E-state index in [1.54, 1.807) is 42.5 Å². The molecule has 1 heterocycles. The van der Waals surface area contributed by atoms with Gasteiger partial charge in [0.1, 0.15) is 6.54 Å². The van der Waals surface area contributed by atoms with Crippen LogP contribution in [0, 0.1) is 0 Å². The highest BCUT2D eigenvalue weighted by atomic mass is 35.5. The summed E-state index contributed by atoms with van der Waals surface area (Å²) in [6.45, 7) is -0.491. The van der Waals surface area contributed by atoms with Gasteiger partial charge in [-0.2, -0.15) is 0 Å². The molecule has 132 valence electrons. The summed E-state index contributed by atoms with van der Waals surface area (Å²) in [5.41, 5.74) is 5.59. The lowest BCUT2D eigenvalue weighted by Gasteiger charge is -2.26. The normalized spacial score (nSPS) is 13.2. The van der Waals surface area contributed by atoms with Gasteiger partial charge in [0.15, 0.2) is 0 Å². The summed E-state index contributed by atoms with van der Waals surface area (Å²) >= 11 is 5.91. The smallest absolute Gasteiger partial charge is 0.271 e. The molecule has 0 bridgehead atoms. The first-order valence-corrected chi connectivity index (χ1v) is 8.11. The summed E-state index contributed by atoms with van der Waals surface area (Å²) in [4.78, 5) is 49.4. The van der Waals surface area contributed by atoms with Crippen LogP contribution in [0.2, 0.25) is 5.02 Å². The number of nitrogens with zero attached hydrogens (tertiary/aromatic N) is 1. The average Bonchev–Trinajstić information content (AvgIpc) is 2.63. The van der Waals surface area contributed by atoms with Crippen LogP contribution in [0.3, 0.4) is 0 Å². The number of nitrogens with one attached hydrogen (secondary N) is 2. The van der Waals surface area contributed by atoms with Crippen LogP contribution >= 0.6 is 11.6 Å². The van der Waals surface area contributed by atoms with Crippen molar-refractivity contribution in [1.29, 1.82) is 0 Å². The van der Waals surface area contributed by atoms with E-state index in [0.29, 0.717) is 11.1 Å². The van der Waals surface area contributed by atoms with Crippen molar-refractivity contribution in [3.05, 3.63) is 70.2 Å². The topological polar surface area (TPSA) is 95.6 Å². The van der Waals surface area contributed by atoms with Crippen LogP contribution in [0.1, 0.15) is 26.3 Å². The minimum atomic E-state index is -0.702. The fourth-order valence-corrected chi connectivity index (χ4v) is 2.80. The van der Waals surface area contributed by atoms with Gasteiger partial charge in [-0.1, -0.05) is 41.9 Å². The molecule has 4 amide bonds. The summed E-state index contributed by atoms with van der Waals surface area (Å²) in [7, 11) is 0. The Morgan fingerprint density at radius 3 is 2.46 bits per heavy atom. The molecule has 0 radical (unpaired) electrons. The molecule has 2 aromatic carbocycles. The van der Waals surface area contributed by atoms with Gasteiger partial charge < -0.3 is 0 Å². The predicted octanol–water partition coefficient (Wildman–Crippen LogP) is 1.33. The zero-order valence-electron chi connectivity index (χ0n) is 13.5. The number of hydrazine groups is 1. The summed E-state index contributed by atoms with van der Waals surface area (Å²) in [6, 6.07) is 13.1. The van der Waals surface area contributed by atoms with Crippen molar-refractivity contribution in [3.8, 4) is 0 Å². The fourth-order valence-electron chi connectivity index (χ4n) is 2.58. The van der Waals surface area contributed by atoms with Crippen LogP contribution in [0.5, 0.6) is 0 Å². The zero-order valence-corrected chi connectivity index (χ0v) is 14.2. The second-order valence-electron chi connectivity index (χ2n) is 5.60. The number of carbonyl (C=O) groups excluding carboxylic acids is 4. The number of halogens is 1. The van der Waals surface area contributed by atoms with Gasteiger partial charge in [0.05, 0.1) is 17.0 Å². The molecule has 0 atom stereocenters. The van der Waals surface area contributed by atoms with E-state index < -0.39 is 30.2 Å². The monoisotopic (exact) mass is 371 g/mol. The Morgan fingerprint density at radius 2 is 1.69 bits per heavy atom. The lowest BCUT2D eigenvalue weighted by molar-refractivity contribution is -0.133. The van der Waals surface area contributed by atoms with Crippen LogP contribution in [-0.2, 0) is 16.0 Å². The van der Waals surface area contributed by atoms with E-state index in [1.807, 2.05) is 0 Å². The molecule has 8 heteroatoms. The predicted molar refractivity (Wildman–Crippen MR) is 93.3 cm³/mol. The van der Waals surface area contributed by atoms with E-state index in [-0.39, 0.29) is 17.0 Å². The van der Waals surface area contributed by atoms with Crippen molar-refractivity contribution in [2.75, 3.05) is 6.54 Å². The highest BCUT2D eigenvalue weighted by Gasteiger charge is 2.32. The number of amides is 4. The maximum absolute atomic E-state index is 12.4. The molecule has 0 aromatic heterocycles. The quantitative estimate of drug-likeness (QED) is 0.628. The number of hydrogen-bond acceptors (Lipinski definition) is 4. The van der Waals surface area contributed by atoms with Crippen molar-refractivity contribution in [2.45, 2.75) is 6.42 Å². The van der Waals surface area contributed by atoms with E-state index in [4.69, 9.17) is 11.6 Å². The molecule has 1 aliphatic rings. The van der Waals surface area contributed by atoms with Gasteiger partial charge in [0.2, 0.25) is 5.91 Å². The first kappa shape index (κ1) is 17.6. The number of rotatable bonds is 3. The number of carbonyl (C=O) groups is 4. The molecule has 1 aliphatic heterocycles. The Kier molecular flexibility index (Phi) is 4.99. The molecule has 0 fully saturated rings. The van der Waals surface area contributed by atoms with Crippen molar-refractivity contribution in [1.82, 2.24) is 15.8 Å². The average molecular weight is 372 g/mol. The molecule has 2 N–H and O–H groups in total. The molecular weight excluding hydrogens is 358 g/mol. The molecule has 0 spiro atoms. The molecule has 2 aromatic rings. The van der Waals surface area contributed by atoms with Crippen LogP contribution < -0.4 is 10.9 Å². The standard InChI is InChI=1S/C18H14ClN3O4/c19-14-8-4-3-7-13(14)17(25)21-20-15(23)10-22-16(24)9-11-5-1-2-6-12(11)18(22)26/h1-8H,9-10H2,(H,20,23)(H,21,25). The van der Waals surface area contributed by atoms with Crippen LogP contribution in [0.25, 0.3) is 0 Å². The molecule has 0 unspecified atom stereocenters. The second-order valence-corrected chi connectivity index (χ2v) is 6.01. The second kappa shape index (κ2) is 7.37. The van der Waals surface area contributed by atoms with Crippen molar-refractivity contribution < 1.29 is 19.2 Å². The third kappa shape index (κ3) is 3.57. The highest BCUT2D eigenvalue weighted by molar-refractivity contribution is 6.33. The van der Waals surface area contributed by atoms with E-state index in [9.17, 15) is 19.2 Å². The summed E-state index contributed by atoms with van der Waals surface area (Å²) in [5, 5.41) is 0.234. The minimum Gasteiger partial charge on any atom is -0.274 e.